The van der Waals surface area contributed by atoms with Crippen LogP contribution in [0, 0.1) is 5.92 Å². The minimum Gasteiger partial charge on any atom is -0.496 e. The fourth-order valence-electron chi connectivity index (χ4n) is 2.77. The molecule has 6 heteroatoms. The van der Waals surface area contributed by atoms with Crippen LogP contribution in [0.5, 0.6) is 5.75 Å². The number of methoxy groups -OCH3 is 1. The Bertz CT molecular complexity index is 510. The molecule has 116 valence electrons. The molecular formula is C15H21BrN2O3. The third-order valence-electron chi connectivity index (χ3n) is 3.76. The fourth-order valence-corrected chi connectivity index (χ4v) is 3.35. The van der Waals surface area contributed by atoms with E-state index in [9.17, 15) is 9.90 Å². The molecule has 2 N–H and O–H groups in total. The molecule has 0 radical (unpaired) electrons. The number of carbonyl (C=O) groups is 1. The van der Waals surface area contributed by atoms with Crippen LogP contribution in [0.3, 0.4) is 0 Å². The molecule has 0 aromatic heterocycles. The highest BCUT2D eigenvalue weighted by Crippen LogP contribution is 2.27. The SMILES string of the molecule is COc1ccc(CN2C[C@@H](CO)[C@H](NC(C)=O)C2)cc1Br. The number of nitrogens with one attached hydrogen (secondary N) is 1. The molecular weight excluding hydrogens is 336 g/mol. The molecule has 1 aliphatic heterocycles. The van der Waals surface area contributed by atoms with E-state index in [1.165, 1.54) is 12.5 Å². The number of aliphatic hydroxyl groups is 1. The second kappa shape index (κ2) is 7.24. The monoisotopic (exact) mass is 356 g/mol. The van der Waals surface area contributed by atoms with E-state index in [2.05, 4.69) is 26.1 Å². The summed E-state index contributed by atoms with van der Waals surface area (Å²) in [4.78, 5) is 13.5. The Morgan fingerprint density at radius 3 is 2.86 bits per heavy atom. The van der Waals surface area contributed by atoms with Crippen LogP contribution in [-0.2, 0) is 11.3 Å². The van der Waals surface area contributed by atoms with Gasteiger partial charge in [0.15, 0.2) is 0 Å². The van der Waals surface area contributed by atoms with Crippen LogP contribution in [0.25, 0.3) is 0 Å². The number of carbonyl (C=O) groups excluding carboxylic acids is 1. The third kappa shape index (κ3) is 4.18. The lowest BCUT2D eigenvalue weighted by Gasteiger charge is -2.17. The van der Waals surface area contributed by atoms with Gasteiger partial charge in [-0.3, -0.25) is 9.69 Å². The Morgan fingerprint density at radius 2 is 2.29 bits per heavy atom. The van der Waals surface area contributed by atoms with Gasteiger partial charge in [0.05, 0.1) is 11.6 Å². The highest BCUT2D eigenvalue weighted by atomic mass is 79.9. The third-order valence-corrected chi connectivity index (χ3v) is 4.38. The maximum Gasteiger partial charge on any atom is 0.217 e. The van der Waals surface area contributed by atoms with Gasteiger partial charge < -0.3 is 15.2 Å². The Hall–Kier alpha value is -1.11. The van der Waals surface area contributed by atoms with Crippen molar-refractivity contribution in [3.05, 3.63) is 28.2 Å². The Morgan fingerprint density at radius 1 is 1.52 bits per heavy atom. The summed E-state index contributed by atoms with van der Waals surface area (Å²) in [6, 6.07) is 6.03. The number of nitrogens with zero attached hydrogens (tertiary/aromatic N) is 1. The lowest BCUT2D eigenvalue weighted by Crippen LogP contribution is -2.40. The van der Waals surface area contributed by atoms with E-state index in [0.717, 1.165) is 29.9 Å². The van der Waals surface area contributed by atoms with Crippen LogP contribution in [0.2, 0.25) is 0 Å². The maximum atomic E-state index is 11.2. The average Bonchev–Trinajstić information content (AvgIpc) is 2.80. The highest BCUT2D eigenvalue weighted by Gasteiger charge is 2.32. The largest absolute Gasteiger partial charge is 0.496 e. The van der Waals surface area contributed by atoms with Gasteiger partial charge in [0.1, 0.15) is 5.75 Å². The van der Waals surface area contributed by atoms with E-state index >= 15 is 0 Å². The molecule has 0 spiro atoms. The molecule has 1 aliphatic rings. The van der Waals surface area contributed by atoms with E-state index in [1.807, 2.05) is 18.2 Å². The van der Waals surface area contributed by atoms with Gasteiger partial charge in [0, 0.05) is 45.1 Å². The summed E-state index contributed by atoms with van der Waals surface area (Å²) < 4.78 is 6.15. The first-order valence-electron chi connectivity index (χ1n) is 6.96. The number of aliphatic hydroxyl groups excluding tert-OH is 1. The number of halogens is 1. The van der Waals surface area contributed by atoms with Gasteiger partial charge in [-0.15, -0.1) is 0 Å². The summed E-state index contributed by atoms with van der Waals surface area (Å²) in [5.74, 6) is 0.854. The van der Waals surface area contributed by atoms with E-state index in [1.54, 1.807) is 7.11 Å². The van der Waals surface area contributed by atoms with Gasteiger partial charge >= 0.3 is 0 Å². The quantitative estimate of drug-likeness (QED) is 0.836. The zero-order chi connectivity index (χ0) is 15.4. The van der Waals surface area contributed by atoms with Crippen molar-refractivity contribution in [1.82, 2.24) is 10.2 Å². The van der Waals surface area contributed by atoms with Crippen molar-refractivity contribution in [2.45, 2.75) is 19.5 Å². The second-order valence-electron chi connectivity index (χ2n) is 5.41. The first kappa shape index (κ1) is 16.3. The van der Waals surface area contributed by atoms with Crippen molar-refractivity contribution in [2.75, 3.05) is 26.8 Å². The number of amides is 1. The minimum absolute atomic E-state index is 0.0224. The average molecular weight is 357 g/mol. The first-order valence-corrected chi connectivity index (χ1v) is 7.75. The summed E-state index contributed by atoms with van der Waals surface area (Å²) in [5.41, 5.74) is 1.17. The Balaban J connectivity index is 2.00. The summed E-state index contributed by atoms with van der Waals surface area (Å²) >= 11 is 3.49. The van der Waals surface area contributed by atoms with Crippen molar-refractivity contribution in [3.63, 3.8) is 0 Å². The molecule has 1 aromatic carbocycles. The van der Waals surface area contributed by atoms with Crippen molar-refractivity contribution in [3.8, 4) is 5.75 Å². The molecule has 1 aromatic rings. The number of hydrogen-bond donors (Lipinski definition) is 2. The molecule has 1 heterocycles. The zero-order valence-electron chi connectivity index (χ0n) is 12.3. The molecule has 2 rings (SSSR count). The molecule has 1 amide bonds. The van der Waals surface area contributed by atoms with Crippen LogP contribution < -0.4 is 10.1 Å². The maximum absolute atomic E-state index is 11.2. The molecule has 2 atom stereocenters. The molecule has 1 saturated heterocycles. The van der Waals surface area contributed by atoms with Gasteiger partial charge in [0.2, 0.25) is 5.91 Å². The van der Waals surface area contributed by atoms with Gasteiger partial charge in [-0.25, -0.2) is 0 Å². The van der Waals surface area contributed by atoms with Crippen LogP contribution in [-0.4, -0.2) is 48.8 Å². The van der Waals surface area contributed by atoms with Crippen molar-refractivity contribution in [2.24, 2.45) is 5.92 Å². The molecule has 1 fully saturated rings. The van der Waals surface area contributed by atoms with Crippen LogP contribution in [0.15, 0.2) is 22.7 Å². The summed E-state index contributed by atoms with van der Waals surface area (Å²) in [6.45, 7) is 3.93. The summed E-state index contributed by atoms with van der Waals surface area (Å²) in [7, 11) is 1.64. The lowest BCUT2D eigenvalue weighted by molar-refractivity contribution is -0.119. The standard InChI is InChI=1S/C15H21BrN2O3/c1-10(20)17-14-8-18(7-12(14)9-19)6-11-3-4-15(21-2)13(16)5-11/h3-5,12,14,19H,6-9H2,1-2H3,(H,17,20)/t12-,14+/m0/s1. The molecule has 5 nitrogen and oxygen atoms in total. The van der Waals surface area contributed by atoms with Gasteiger partial charge in [-0.1, -0.05) is 6.07 Å². The van der Waals surface area contributed by atoms with Crippen molar-refractivity contribution >= 4 is 21.8 Å². The molecule has 21 heavy (non-hydrogen) atoms. The van der Waals surface area contributed by atoms with E-state index < -0.39 is 0 Å². The second-order valence-corrected chi connectivity index (χ2v) is 6.27. The number of ether oxygens (including phenoxy) is 1. The highest BCUT2D eigenvalue weighted by molar-refractivity contribution is 9.10. The van der Waals surface area contributed by atoms with Gasteiger partial charge in [0.25, 0.3) is 0 Å². The minimum atomic E-state index is -0.0486. The number of rotatable bonds is 5. The van der Waals surface area contributed by atoms with E-state index in [4.69, 9.17) is 4.74 Å². The Kier molecular flexibility index (Phi) is 5.61. The predicted molar refractivity (Wildman–Crippen MR) is 84.2 cm³/mol. The number of hydrogen-bond acceptors (Lipinski definition) is 4. The number of likely N-dealkylation sites (tertiary alicyclic amines) is 1. The summed E-state index contributed by atoms with van der Waals surface area (Å²) in [5, 5.41) is 12.4. The molecule has 0 unspecified atom stereocenters. The van der Waals surface area contributed by atoms with Crippen LogP contribution in [0.4, 0.5) is 0 Å². The smallest absolute Gasteiger partial charge is 0.217 e. The lowest BCUT2D eigenvalue weighted by atomic mass is 10.1. The molecule has 0 bridgehead atoms. The zero-order valence-corrected chi connectivity index (χ0v) is 13.9. The van der Waals surface area contributed by atoms with Crippen LogP contribution in [0.1, 0.15) is 12.5 Å². The topological polar surface area (TPSA) is 61.8 Å². The molecule has 0 aliphatic carbocycles. The van der Waals surface area contributed by atoms with Crippen LogP contribution >= 0.6 is 15.9 Å². The van der Waals surface area contributed by atoms with Gasteiger partial charge in [-0.2, -0.15) is 0 Å². The van der Waals surface area contributed by atoms with Gasteiger partial charge in [-0.05, 0) is 33.6 Å². The predicted octanol–water partition coefficient (Wildman–Crippen LogP) is 1.39. The normalized spacial score (nSPS) is 22.3. The molecule has 0 saturated carbocycles. The Labute approximate surface area is 133 Å². The van der Waals surface area contributed by atoms with Crippen molar-refractivity contribution < 1.29 is 14.6 Å². The van der Waals surface area contributed by atoms with E-state index in [-0.39, 0.29) is 24.5 Å². The fraction of sp³-hybridized carbons (Fsp3) is 0.533. The number of benzene rings is 1. The first-order chi connectivity index (χ1) is 10.0. The van der Waals surface area contributed by atoms with Crippen molar-refractivity contribution in [1.29, 1.82) is 0 Å². The van der Waals surface area contributed by atoms with E-state index in [0.29, 0.717) is 0 Å². The summed E-state index contributed by atoms with van der Waals surface area (Å²) in [6.07, 6.45) is 0.